The Kier molecular flexibility index (Phi) is 3.65. The van der Waals surface area contributed by atoms with Crippen LogP contribution in [0.25, 0.3) is 0 Å². The van der Waals surface area contributed by atoms with Crippen LogP contribution in [0.1, 0.15) is 18.4 Å². The fourth-order valence-electron chi connectivity index (χ4n) is 3.56. The maximum atomic E-state index is 12.3. The minimum absolute atomic E-state index is 0.120. The molecule has 2 aliphatic heterocycles. The Morgan fingerprint density at radius 2 is 1.67 bits per heavy atom. The minimum atomic E-state index is -0.748. The predicted molar refractivity (Wildman–Crippen MR) is 84.1 cm³/mol. The fourth-order valence-corrected chi connectivity index (χ4v) is 3.56. The third-order valence-electron chi connectivity index (χ3n) is 4.65. The van der Waals surface area contributed by atoms with Gasteiger partial charge in [0.1, 0.15) is 6.10 Å². The number of ketones is 2. The molecule has 2 heterocycles. The summed E-state index contributed by atoms with van der Waals surface area (Å²) in [6, 6.07) is 9.88. The molecule has 3 atom stereocenters. The van der Waals surface area contributed by atoms with Crippen molar-refractivity contribution in [3.8, 4) is 0 Å². The smallest absolute Gasteiger partial charge is 0.309 e. The topological polar surface area (TPSA) is 69.7 Å². The molecule has 1 aliphatic carbocycles. The molecule has 3 aliphatic rings. The lowest BCUT2D eigenvalue weighted by atomic mass is 9.82. The van der Waals surface area contributed by atoms with Gasteiger partial charge in [0.2, 0.25) is 0 Å². The molecule has 122 valence electrons. The van der Waals surface area contributed by atoms with E-state index < -0.39 is 24.3 Å². The molecule has 0 bridgehead atoms. The molecule has 1 fully saturated rings. The zero-order valence-electron chi connectivity index (χ0n) is 12.9. The van der Waals surface area contributed by atoms with Crippen LogP contribution in [0.15, 0.2) is 53.6 Å². The third-order valence-corrected chi connectivity index (χ3v) is 4.65. The van der Waals surface area contributed by atoms with E-state index in [0.29, 0.717) is 17.6 Å². The molecule has 24 heavy (non-hydrogen) atoms. The number of benzene rings is 1. The molecule has 0 radical (unpaired) electrons. The molecular formula is C19H16O5. The molecule has 0 aromatic heterocycles. The van der Waals surface area contributed by atoms with Gasteiger partial charge in [-0.15, -0.1) is 0 Å². The van der Waals surface area contributed by atoms with Crippen molar-refractivity contribution in [2.45, 2.75) is 37.6 Å². The first-order valence-corrected chi connectivity index (χ1v) is 8.03. The summed E-state index contributed by atoms with van der Waals surface area (Å²) < 4.78 is 11.2. The highest BCUT2D eigenvalue weighted by Crippen LogP contribution is 2.38. The van der Waals surface area contributed by atoms with Crippen LogP contribution in [0.4, 0.5) is 0 Å². The van der Waals surface area contributed by atoms with Gasteiger partial charge in [0, 0.05) is 5.57 Å². The quantitative estimate of drug-likeness (QED) is 0.625. The Balaban J connectivity index is 1.65. The first-order valence-electron chi connectivity index (χ1n) is 8.03. The summed E-state index contributed by atoms with van der Waals surface area (Å²) in [6.07, 6.45) is 2.22. The lowest BCUT2D eigenvalue weighted by Crippen LogP contribution is -2.44. The Morgan fingerprint density at radius 1 is 0.958 bits per heavy atom. The maximum Gasteiger partial charge on any atom is 0.309 e. The van der Waals surface area contributed by atoms with Crippen LogP contribution >= 0.6 is 0 Å². The minimum Gasteiger partial charge on any atom is -0.454 e. The standard InChI is InChI=1S/C19H16O5/c20-12-7-8-13(21)18-17(12)14(9-6-11-4-2-1-3-5-11)23-15-10-16(22)24-19(15)18/h1-5,7-8,14-15,19H,6,9-10H2/t14-,15-,19+/m1/s1. The zero-order chi connectivity index (χ0) is 16.7. The fraction of sp³-hybridized carbons (Fsp3) is 0.316. The van der Waals surface area contributed by atoms with Gasteiger partial charge < -0.3 is 9.47 Å². The van der Waals surface area contributed by atoms with E-state index in [1.165, 1.54) is 12.2 Å². The largest absolute Gasteiger partial charge is 0.454 e. The number of hydrogen-bond donors (Lipinski definition) is 0. The van der Waals surface area contributed by atoms with Gasteiger partial charge in [-0.05, 0) is 30.6 Å². The number of aryl methyl sites for hydroxylation is 1. The number of esters is 1. The highest BCUT2D eigenvalue weighted by molar-refractivity contribution is 6.21. The van der Waals surface area contributed by atoms with Gasteiger partial charge in [-0.1, -0.05) is 30.3 Å². The van der Waals surface area contributed by atoms with E-state index in [0.717, 1.165) is 12.0 Å². The van der Waals surface area contributed by atoms with E-state index in [4.69, 9.17) is 9.47 Å². The summed E-state index contributed by atoms with van der Waals surface area (Å²) in [6.45, 7) is 0. The van der Waals surface area contributed by atoms with Gasteiger partial charge in [-0.2, -0.15) is 0 Å². The summed E-state index contributed by atoms with van der Waals surface area (Å²) in [5.74, 6) is -0.887. The van der Waals surface area contributed by atoms with Gasteiger partial charge in [-0.3, -0.25) is 14.4 Å². The van der Waals surface area contributed by atoms with Crippen LogP contribution in [0, 0.1) is 0 Å². The molecule has 0 unspecified atom stereocenters. The maximum absolute atomic E-state index is 12.3. The van der Waals surface area contributed by atoms with Crippen LogP contribution in [-0.2, 0) is 30.3 Å². The van der Waals surface area contributed by atoms with E-state index in [1.807, 2.05) is 30.3 Å². The molecular weight excluding hydrogens is 308 g/mol. The van der Waals surface area contributed by atoms with Gasteiger partial charge in [-0.25, -0.2) is 0 Å². The second kappa shape index (κ2) is 5.83. The monoisotopic (exact) mass is 324 g/mol. The Morgan fingerprint density at radius 3 is 2.42 bits per heavy atom. The number of allylic oxidation sites excluding steroid dienone is 2. The van der Waals surface area contributed by atoms with Crippen molar-refractivity contribution in [1.29, 1.82) is 0 Å². The molecule has 0 spiro atoms. The number of rotatable bonds is 3. The van der Waals surface area contributed by atoms with Crippen LogP contribution in [0.2, 0.25) is 0 Å². The van der Waals surface area contributed by atoms with Gasteiger partial charge in [0.25, 0.3) is 0 Å². The van der Waals surface area contributed by atoms with Crippen LogP contribution < -0.4 is 0 Å². The van der Waals surface area contributed by atoms with Gasteiger partial charge in [0.05, 0.1) is 18.1 Å². The second-order valence-electron chi connectivity index (χ2n) is 6.19. The predicted octanol–water partition coefficient (Wildman–Crippen LogP) is 1.71. The molecule has 0 saturated carbocycles. The molecule has 5 nitrogen and oxygen atoms in total. The lowest BCUT2D eigenvalue weighted by Gasteiger charge is -2.34. The van der Waals surface area contributed by atoms with Crippen LogP contribution in [-0.4, -0.2) is 35.8 Å². The van der Waals surface area contributed by atoms with E-state index in [1.54, 1.807) is 0 Å². The average Bonchev–Trinajstić information content (AvgIpc) is 2.96. The normalized spacial score (nSPS) is 28.7. The highest BCUT2D eigenvalue weighted by Gasteiger charge is 2.49. The number of carbonyl (C=O) groups excluding carboxylic acids is 3. The molecule has 0 amide bonds. The van der Waals surface area contributed by atoms with Crippen molar-refractivity contribution in [3.05, 3.63) is 59.2 Å². The molecule has 1 aromatic carbocycles. The summed E-state index contributed by atoms with van der Waals surface area (Å²) >= 11 is 0. The summed E-state index contributed by atoms with van der Waals surface area (Å²) in [5.41, 5.74) is 1.80. The van der Waals surface area contributed by atoms with Crippen LogP contribution in [0.3, 0.4) is 0 Å². The summed E-state index contributed by atoms with van der Waals surface area (Å²) in [5, 5.41) is 0. The van der Waals surface area contributed by atoms with Crippen molar-refractivity contribution in [2.75, 3.05) is 0 Å². The molecule has 1 aromatic rings. The van der Waals surface area contributed by atoms with Gasteiger partial charge in [0.15, 0.2) is 17.7 Å². The number of hydrogen-bond acceptors (Lipinski definition) is 5. The van der Waals surface area contributed by atoms with Crippen molar-refractivity contribution in [2.24, 2.45) is 0 Å². The first-order chi connectivity index (χ1) is 11.6. The summed E-state index contributed by atoms with van der Waals surface area (Å²) in [7, 11) is 0. The van der Waals surface area contributed by atoms with E-state index >= 15 is 0 Å². The van der Waals surface area contributed by atoms with Gasteiger partial charge >= 0.3 is 5.97 Å². The molecule has 5 heteroatoms. The molecule has 4 rings (SSSR count). The number of fused-ring (bicyclic) bond motifs is 2. The second-order valence-corrected chi connectivity index (χ2v) is 6.19. The van der Waals surface area contributed by atoms with E-state index in [9.17, 15) is 14.4 Å². The number of ether oxygens (including phenoxy) is 2. The average molecular weight is 324 g/mol. The van der Waals surface area contributed by atoms with Crippen molar-refractivity contribution >= 4 is 17.5 Å². The molecule has 1 saturated heterocycles. The molecule has 0 N–H and O–H groups in total. The SMILES string of the molecule is O=C1C[C@H]2O[C@H](CCc3ccccc3)C3=C(C(=O)C=CC3=O)[C@H]2O1. The van der Waals surface area contributed by atoms with Crippen LogP contribution in [0.5, 0.6) is 0 Å². The van der Waals surface area contributed by atoms with E-state index in [-0.39, 0.29) is 18.0 Å². The Labute approximate surface area is 138 Å². The first kappa shape index (κ1) is 15.0. The zero-order valence-corrected chi connectivity index (χ0v) is 12.9. The van der Waals surface area contributed by atoms with E-state index in [2.05, 4.69) is 0 Å². The third kappa shape index (κ3) is 2.51. The van der Waals surface area contributed by atoms with Crippen molar-refractivity contribution < 1.29 is 23.9 Å². The lowest BCUT2D eigenvalue weighted by molar-refractivity contribution is -0.141. The van der Waals surface area contributed by atoms with Crippen molar-refractivity contribution in [3.63, 3.8) is 0 Å². The Bertz CT molecular complexity index is 774. The Hall–Kier alpha value is -2.53. The number of carbonyl (C=O) groups is 3. The van der Waals surface area contributed by atoms with Crippen molar-refractivity contribution in [1.82, 2.24) is 0 Å². The highest BCUT2D eigenvalue weighted by atomic mass is 16.6. The summed E-state index contributed by atoms with van der Waals surface area (Å²) in [4.78, 5) is 36.3.